The summed E-state index contributed by atoms with van der Waals surface area (Å²) in [4.78, 5) is 25.2. The average molecular weight is 399 g/mol. The molecule has 0 aliphatic carbocycles. The molecule has 2 aromatic carbocycles. The minimum absolute atomic E-state index is 0.0174. The fraction of sp³-hybridized carbons (Fsp3) is 0.391. The lowest BCUT2D eigenvalue weighted by Crippen LogP contribution is -2.50. The van der Waals surface area contributed by atoms with Gasteiger partial charge in [0, 0.05) is 12.1 Å². The van der Waals surface area contributed by atoms with Crippen molar-refractivity contribution in [3.8, 4) is 11.5 Å². The molecule has 0 radical (unpaired) electrons. The highest BCUT2D eigenvalue weighted by molar-refractivity contribution is 5.97. The predicted molar refractivity (Wildman–Crippen MR) is 113 cm³/mol. The van der Waals surface area contributed by atoms with E-state index in [0.29, 0.717) is 30.0 Å². The van der Waals surface area contributed by atoms with E-state index in [1.165, 1.54) is 0 Å². The fourth-order valence-corrected chi connectivity index (χ4v) is 2.99. The average Bonchev–Trinajstić information content (AvgIpc) is 2.77. The van der Waals surface area contributed by atoms with Gasteiger partial charge in [0.05, 0.1) is 14.2 Å². The highest BCUT2D eigenvalue weighted by Gasteiger charge is 2.26. The zero-order valence-corrected chi connectivity index (χ0v) is 17.5. The molecule has 29 heavy (non-hydrogen) atoms. The van der Waals surface area contributed by atoms with Crippen molar-refractivity contribution < 1.29 is 19.1 Å². The van der Waals surface area contributed by atoms with Crippen LogP contribution in [0.5, 0.6) is 11.5 Å². The molecule has 0 aliphatic heterocycles. The first-order valence-corrected chi connectivity index (χ1v) is 9.84. The summed E-state index contributed by atoms with van der Waals surface area (Å²) in [6.07, 6.45) is 1.43. The predicted octanol–water partition coefficient (Wildman–Crippen LogP) is 3.21. The first kappa shape index (κ1) is 22.3. The molecule has 0 aliphatic rings. The molecule has 2 rings (SSSR count). The number of rotatable bonds is 10. The van der Waals surface area contributed by atoms with Crippen molar-refractivity contribution in [3.05, 3.63) is 59.7 Å². The Labute approximate surface area is 172 Å². The maximum atomic E-state index is 12.8. The maximum Gasteiger partial charge on any atom is 0.251 e. The highest BCUT2D eigenvalue weighted by Crippen LogP contribution is 2.27. The summed E-state index contributed by atoms with van der Waals surface area (Å²) in [6.45, 7) is 4.43. The second-order valence-electron chi connectivity index (χ2n) is 6.93. The molecular weight excluding hydrogens is 368 g/mol. The Bertz CT molecular complexity index is 808. The van der Waals surface area contributed by atoms with Crippen LogP contribution in [0.25, 0.3) is 0 Å². The molecule has 2 amide bonds. The van der Waals surface area contributed by atoms with Gasteiger partial charge in [-0.3, -0.25) is 9.59 Å². The van der Waals surface area contributed by atoms with Crippen LogP contribution in [0.2, 0.25) is 0 Å². The summed E-state index contributed by atoms with van der Waals surface area (Å²) in [7, 11) is 3.19. The third-order valence-corrected chi connectivity index (χ3v) is 4.98. The van der Waals surface area contributed by atoms with Crippen LogP contribution in [0, 0.1) is 5.92 Å². The van der Waals surface area contributed by atoms with Crippen molar-refractivity contribution in [2.45, 2.75) is 32.7 Å². The van der Waals surface area contributed by atoms with Crippen molar-refractivity contribution in [1.82, 2.24) is 10.6 Å². The van der Waals surface area contributed by atoms with E-state index in [1.54, 1.807) is 38.5 Å². The molecule has 0 spiro atoms. The number of carbonyl (C=O) groups is 2. The van der Waals surface area contributed by atoms with E-state index in [1.807, 2.05) is 38.1 Å². The first-order chi connectivity index (χ1) is 14.0. The quantitative estimate of drug-likeness (QED) is 0.644. The molecule has 0 fully saturated rings. The third-order valence-electron chi connectivity index (χ3n) is 4.98. The van der Waals surface area contributed by atoms with E-state index in [-0.39, 0.29) is 17.7 Å². The molecule has 2 N–H and O–H groups in total. The number of benzene rings is 2. The smallest absolute Gasteiger partial charge is 0.251 e. The zero-order chi connectivity index (χ0) is 21.2. The van der Waals surface area contributed by atoms with Crippen LogP contribution in [0.1, 0.15) is 36.2 Å². The molecule has 0 aromatic heterocycles. The van der Waals surface area contributed by atoms with Gasteiger partial charge < -0.3 is 20.1 Å². The van der Waals surface area contributed by atoms with Crippen LogP contribution in [0.4, 0.5) is 0 Å². The second kappa shape index (κ2) is 11.1. The number of carbonyl (C=O) groups excluding carboxylic acids is 2. The van der Waals surface area contributed by atoms with E-state index in [0.717, 1.165) is 12.0 Å². The van der Waals surface area contributed by atoms with Crippen LogP contribution >= 0.6 is 0 Å². The Morgan fingerprint density at radius 3 is 2.31 bits per heavy atom. The maximum absolute atomic E-state index is 12.8. The summed E-state index contributed by atoms with van der Waals surface area (Å²) in [5.41, 5.74) is 1.57. The van der Waals surface area contributed by atoms with Gasteiger partial charge >= 0.3 is 0 Å². The van der Waals surface area contributed by atoms with Crippen LogP contribution in [0.3, 0.4) is 0 Å². The van der Waals surface area contributed by atoms with Crippen LogP contribution in [-0.4, -0.2) is 38.6 Å². The standard InChI is InChI=1S/C23H30N2O4/c1-5-16(2)21(25-22(26)18-9-7-6-8-10-18)23(27)24-14-13-17-11-12-19(28-3)20(15-17)29-4/h6-12,15-16,21H,5,13-14H2,1-4H3,(H,24,27)(H,25,26)/t16-,21-/m0/s1. The molecule has 0 saturated carbocycles. The van der Waals surface area contributed by atoms with E-state index < -0.39 is 6.04 Å². The molecule has 6 nitrogen and oxygen atoms in total. The Kier molecular flexibility index (Phi) is 8.52. The van der Waals surface area contributed by atoms with Gasteiger partial charge in [0.2, 0.25) is 5.91 Å². The fourth-order valence-electron chi connectivity index (χ4n) is 2.99. The summed E-state index contributed by atoms with van der Waals surface area (Å²) in [5, 5.41) is 5.82. The van der Waals surface area contributed by atoms with Gasteiger partial charge in [-0.25, -0.2) is 0 Å². The first-order valence-electron chi connectivity index (χ1n) is 9.84. The molecular formula is C23H30N2O4. The monoisotopic (exact) mass is 398 g/mol. The van der Waals surface area contributed by atoms with Crippen molar-refractivity contribution in [3.63, 3.8) is 0 Å². The van der Waals surface area contributed by atoms with E-state index in [2.05, 4.69) is 10.6 Å². The molecule has 2 aromatic rings. The van der Waals surface area contributed by atoms with Gasteiger partial charge in [-0.1, -0.05) is 44.5 Å². The third kappa shape index (κ3) is 6.24. The summed E-state index contributed by atoms with van der Waals surface area (Å²) >= 11 is 0. The minimum atomic E-state index is -0.585. The Balaban J connectivity index is 1.97. The van der Waals surface area contributed by atoms with Gasteiger partial charge in [0.15, 0.2) is 11.5 Å². The van der Waals surface area contributed by atoms with Crippen molar-refractivity contribution in [1.29, 1.82) is 0 Å². The highest BCUT2D eigenvalue weighted by atomic mass is 16.5. The van der Waals surface area contributed by atoms with Crippen LogP contribution in [-0.2, 0) is 11.2 Å². The Morgan fingerprint density at radius 2 is 1.69 bits per heavy atom. The molecule has 6 heteroatoms. The summed E-state index contributed by atoms with van der Waals surface area (Å²) < 4.78 is 10.6. The van der Waals surface area contributed by atoms with Crippen LogP contribution < -0.4 is 20.1 Å². The number of amides is 2. The SMILES string of the molecule is CC[C@H](C)[C@H](NC(=O)c1ccccc1)C(=O)NCCc1ccc(OC)c(OC)c1. The Morgan fingerprint density at radius 1 is 1.00 bits per heavy atom. The Hall–Kier alpha value is -3.02. The normalized spacial score (nSPS) is 12.6. The van der Waals surface area contributed by atoms with Gasteiger partial charge in [-0.05, 0) is 42.2 Å². The lowest BCUT2D eigenvalue weighted by Gasteiger charge is -2.23. The topological polar surface area (TPSA) is 76.7 Å². The number of hydrogen-bond donors (Lipinski definition) is 2. The number of hydrogen-bond acceptors (Lipinski definition) is 4. The van der Waals surface area contributed by atoms with Gasteiger partial charge in [-0.2, -0.15) is 0 Å². The van der Waals surface area contributed by atoms with Crippen molar-refractivity contribution in [2.24, 2.45) is 5.92 Å². The molecule has 0 saturated heterocycles. The molecule has 0 bridgehead atoms. The lowest BCUT2D eigenvalue weighted by atomic mass is 9.97. The zero-order valence-electron chi connectivity index (χ0n) is 17.5. The van der Waals surface area contributed by atoms with Gasteiger partial charge in [-0.15, -0.1) is 0 Å². The van der Waals surface area contributed by atoms with Crippen molar-refractivity contribution in [2.75, 3.05) is 20.8 Å². The summed E-state index contributed by atoms with van der Waals surface area (Å²) in [6, 6.07) is 14.0. The summed E-state index contributed by atoms with van der Waals surface area (Å²) in [5.74, 6) is 0.920. The van der Waals surface area contributed by atoms with E-state index in [4.69, 9.17) is 9.47 Å². The van der Waals surface area contributed by atoms with Crippen LogP contribution in [0.15, 0.2) is 48.5 Å². The van der Waals surface area contributed by atoms with E-state index >= 15 is 0 Å². The molecule has 0 heterocycles. The largest absolute Gasteiger partial charge is 0.493 e. The minimum Gasteiger partial charge on any atom is -0.493 e. The number of methoxy groups -OCH3 is 2. The van der Waals surface area contributed by atoms with Gasteiger partial charge in [0.25, 0.3) is 5.91 Å². The molecule has 2 atom stereocenters. The lowest BCUT2D eigenvalue weighted by molar-refractivity contribution is -0.124. The van der Waals surface area contributed by atoms with Gasteiger partial charge in [0.1, 0.15) is 6.04 Å². The molecule has 0 unspecified atom stereocenters. The van der Waals surface area contributed by atoms with E-state index in [9.17, 15) is 9.59 Å². The number of ether oxygens (including phenoxy) is 2. The second-order valence-corrected chi connectivity index (χ2v) is 6.93. The van der Waals surface area contributed by atoms with Crippen molar-refractivity contribution >= 4 is 11.8 Å². The number of nitrogens with one attached hydrogen (secondary N) is 2. The molecule has 156 valence electrons.